The minimum absolute atomic E-state index is 0.156. The second kappa shape index (κ2) is 7.64. The van der Waals surface area contributed by atoms with E-state index in [-0.39, 0.29) is 12.4 Å². The summed E-state index contributed by atoms with van der Waals surface area (Å²) >= 11 is 0. The lowest BCUT2D eigenvalue weighted by molar-refractivity contribution is -0.118. The van der Waals surface area contributed by atoms with Crippen LogP contribution in [0.4, 0.5) is 30.8 Å². The molecule has 0 spiro atoms. The van der Waals surface area contributed by atoms with Gasteiger partial charge in [-0.2, -0.15) is 0 Å². The van der Waals surface area contributed by atoms with Gasteiger partial charge in [0, 0.05) is 36.6 Å². The number of aromatic nitrogens is 2. The summed E-state index contributed by atoms with van der Waals surface area (Å²) in [6.45, 7) is 2.63. The number of fused-ring (bicyclic) bond motifs is 3. The third-order valence-electron chi connectivity index (χ3n) is 6.13. The largest absolute Gasteiger partial charge is 0.447 e. The molecule has 0 unspecified atom stereocenters. The molecule has 9 nitrogen and oxygen atoms in total. The normalized spacial score (nSPS) is 21.1. The fraction of sp³-hybridized carbons (Fsp3) is 0.476. The van der Waals surface area contributed by atoms with Gasteiger partial charge in [-0.1, -0.05) is 0 Å². The van der Waals surface area contributed by atoms with Gasteiger partial charge in [-0.05, 0) is 38.0 Å². The second-order valence-corrected chi connectivity index (χ2v) is 8.39. The van der Waals surface area contributed by atoms with Crippen LogP contribution in [0.3, 0.4) is 0 Å². The molecule has 2 atom stereocenters. The van der Waals surface area contributed by atoms with E-state index in [4.69, 9.17) is 10.5 Å². The SMILES string of the molecule is C[C@H](Nc1ccc2c(c1)N(C1CC1)CCn1cc(N3C(=O)OC[C@H]3C(F)F)nc1-2)C(N)=O. The lowest BCUT2D eigenvalue weighted by atomic mass is 10.1. The Morgan fingerprint density at radius 2 is 2.09 bits per heavy atom. The Bertz CT molecular complexity index is 1070. The van der Waals surface area contributed by atoms with Crippen LogP contribution in [0.25, 0.3) is 11.4 Å². The number of halogens is 2. The van der Waals surface area contributed by atoms with E-state index < -0.39 is 30.5 Å². The van der Waals surface area contributed by atoms with Gasteiger partial charge in [0.15, 0.2) is 5.82 Å². The zero-order valence-corrected chi connectivity index (χ0v) is 17.5. The van der Waals surface area contributed by atoms with Gasteiger partial charge in [0.25, 0.3) is 6.43 Å². The molecule has 3 N–H and O–H groups in total. The zero-order chi connectivity index (χ0) is 22.6. The molecular weight excluding hydrogens is 422 g/mol. The average Bonchev–Trinajstić information content (AvgIpc) is 3.41. The van der Waals surface area contributed by atoms with Crippen LogP contribution in [-0.2, 0) is 16.1 Å². The summed E-state index contributed by atoms with van der Waals surface area (Å²) in [4.78, 5) is 31.4. The third kappa shape index (κ3) is 3.51. The average molecular weight is 446 g/mol. The first kappa shape index (κ1) is 20.5. The number of amides is 2. The molecule has 5 rings (SSSR count). The van der Waals surface area contributed by atoms with Gasteiger partial charge < -0.3 is 25.3 Å². The number of ether oxygens (including phenoxy) is 1. The minimum atomic E-state index is -2.73. The Balaban J connectivity index is 1.55. The minimum Gasteiger partial charge on any atom is -0.447 e. The van der Waals surface area contributed by atoms with Crippen LogP contribution in [-0.4, -0.2) is 59.3 Å². The standard InChI is InChI=1S/C21H24F2N6O3/c1-11(19(24)30)25-12-2-5-14-15(8-12)28(13-3-4-13)7-6-27-9-17(26-20(14)27)29-16(18(22)23)10-32-21(29)31/h2,5,8-9,11,13,16,18,25H,3-4,6-7,10H2,1H3,(H2,24,30)/t11-,16-/m0/s1. The van der Waals surface area contributed by atoms with Gasteiger partial charge in [0.05, 0.1) is 5.69 Å². The zero-order valence-electron chi connectivity index (χ0n) is 17.5. The van der Waals surface area contributed by atoms with Crippen molar-refractivity contribution in [3.8, 4) is 11.4 Å². The number of carbonyl (C=O) groups is 2. The predicted octanol–water partition coefficient (Wildman–Crippen LogP) is 2.41. The highest BCUT2D eigenvalue weighted by atomic mass is 19.3. The summed E-state index contributed by atoms with van der Waals surface area (Å²) in [6.07, 6.45) is 0.277. The molecule has 170 valence electrons. The molecule has 11 heteroatoms. The van der Waals surface area contributed by atoms with E-state index in [1.807, 2.05) is 22.8 Å². The summed E-state index contributed by atoms with van der Waals surface area (Å²) in [7, 11) is 0. The molecule has 2 aliphatic heterocycles. The van der Waals surface area contributed by atoms with Crippen LogP contribution in [0.1, 0.15) is 19.8 Å². The number of nitrogens with one attached hydrogen (secondary N) is 1. The van der Waals surface area contributed by atoms with Crippen molar-refractivity contribution in [3.63, 3.8) is 0 Å². The Morgan fingerprint density at radius 3 is 2.78 bits per heavy atom. The Kier molecular flexibility index (Phi) is 4.90. The number of benzene rings is 1. The van der Waals surface area contributed by atoms with Crippen molar-refractivity contribution >= 4 is 29.2 Å². The van der Waals surface area contributed by atoms with E-state index in [1.54, 1.807) is 13.1 Å². The van der Waals surface area contributed by atoms with Gasteiger partial charge in [0.2, 0.25) is 5.91 Å². The summed E-state index contributed by atoms with van der Waals surface area (Å²) in [5, 5.41) is 3.11. The van der Waals surface area contributed by atoms with E-state index in [2.05, 4.69) is 15.2 Å². The number of nitrogens with two attached hydrogens (primary N) is 1. The highest BCUT2D eigenvalue weighted by Crippen LogP contribution is 2.42. The van der Waals surface area contributed by atoms with Crippen molar-refractivity contribution < 1.29 is 23.1 Å². The number of hydrogen-bond acceptors (Lipinski definition) is 6. The summed E-state index contributed by atoms with van der Waals surface area (Å²) < 4.78 is 33.6. The van der Waals surface area contributed by atoms with Gasteiger partial charge >= 0.3 is 6.09 Å². The Morgan fingerprint density at radius 1 is 1.31 bits per heavy atom. The molecule has 32 heavy (non-hydrogen) atoms. The van der Waals surface area contributed by atoms with Crippen molar-refractivity contribution in [1.29, 1.82) is 0 Å². The number of imidazole rings is 1. The third-order valence-corrected chi connectivity index (χ3v) is 6.13. The van der Waals surface area contributed by atoms with E-state index in [0.29, 0.717) is 25.0 Å². The van der Waals surface area contributed by atoms with Crippen LogP contribution in [0.5, 0.6) is 0 Å². The lowest BCUT2D eigenvalue weighted by Gasteiger charge is -2.25. The van der Waals surface area contributed by atoms with Crippen molar-refractivity contribution in [3.05, 3.63) is 24.4 Å². The number of carbonyl (C=O) groups excluding carboxylic acids is 2. The summed E-state index contributed by atoms with van der Waals surface area (Å²) in [6, 6.07) is 4.23. The lowest BCUT2D eigenvalue weighted by Crippen LogP contribution is -2.39. The first-order valence-corrected chi connectivity index (χ1v) is 10.6. The van der Waals surface area contributed by atoms with Crippen molar-refractivity contribution in [1.82, 2.24) is 9.55 Å². The number of primary amides is 1. The molecule has 1 aromatic heterocycles. The molecule has 2 fully saturated rings. The highest BCUT2D eigenvalue weighted by Gasteiger charge is 2.42. The van der Waals surface area contributed by atoms with Crippen molar-refractivity contribution in [2.24, 2.45) is 5.73 Å². The predicted molar refractivity (Wildman–Crippen MR) is 114 cm³/mol. The Hall–Kier alpha value is -3.37. The first-order chi connectivity index (χ1) is 15.3. The topological polar surface area (TPSA) is 106 Å². The van der Waals surface area contributed by atoms with Crippen LogP contribution >= 0.6 is 0 Å². The number of cyclic esters (lactones) is 1. The molecule has 1 saturated carbocycles. The van der Waals surface area contributed by atoms with Crippen molar-refractivity contribution in [2.75, 3.05) is 28.3 Å². The molecule has 1 saturated heterocycles. The quantitative estimate of drug-likeness (QED) is 0.706. The molecule has 1 aromatic carbocycles. The van der Waals surface area contributed by atoms with Gasteiger partial charge in [-0.25, -0.2) is 23.5 Å². The van der Waals surface area contributed by atoms with Gasteiger partial charge in [-0.3, -0.25) is 4.79 Å². The molecule has 0 radical (unpaired) electrons. The van der Waals surface area contributed by atoms with Gasteiger partial charge in [-0.15, -0.1) is 0 Å². The molecular formula is C21H24F2N6O3. The van der Waals surface area contributed by atoms with E-state index in [9.17, 15) is 18.4 Å². The maximum atomic E-state index is 13.4. The van der Waals surface area contributed by atoms with E-state index in [1.165, 1.54) is 0 Å². The fourth-order valence-corrected chi connectivity index (χ4v) is 4.26. The number of anilines is 3. The monoisotopic (exact) mass is 446 g/mol. The molecule has 3 aliphatic rings. The molecule has 1 aliphatic carbocycles. The molecule has 3 heterocycles. The summed E-state index contributed by atoms with van der Waals surface area (Å²) in [5.41, 5.74) is 7.91. The number of nitrogens with zero attached hydrogens (tertiary/aromatic N) is 4. The molecule has 0 bridgehead atoms. The van der Waals surface area contributed by atoms with E-state index in [0.717, 1.165) is 34.7 Å². The maximum Gasteiger partial charge on any atom is 0.416 e. The van der Waals surface area contributed by atoms with Gasteiger partial charge in [0.1, 0.15) is 24.5 Å². The van der Waals surface area contributed by atoms with Crippen LogP contribution in [0.15, 0.2) is 24.4 Å². The second-order valence-electron chi connectivity index (χ2n) is 8.39. The number of hydrogen-bond donors (Lipinski definition) is 2. The fourth-order valence-electron chi connectivity index (χ4n) is 4.26. The van der Waals surface area contributed by atoms with Crippen LogP contribution < -0.4 is 20.9 Å². The smallest absolute Gasteiger partial charge is 0.416 e. The molecule has 2 amide bonds. The highest BCUT2D eigenvalue weighted by molar-refractivity contribution is 5.90. The summed E-state index contributed by atoms with van der Waals surface area (Å²) in [5.74, 6) is 0.300. The molecule has 2 aromatic rings. The van der Waals surface area contributed by atoms with Crippen molar-refractivity contribution in [2.45, 2.75) is 50.9 Å². The number of alkyl halides is 2. The van der Waals surface area contributed by atoms with E-state index >= 15 is 0 Å². The first-order valence-electron chi connectivity index (χ1n) is 10.6. The Labute approximate surface area is 183 Å². The van der Waals surface area contributed by atoms with Crippen LogP contribution in [0.2, 0.25) is 0 Å². The number of rotatable bonds is 6. The van der Waals surface area contributed by atoms with Crippen LogP contribution in [0, 0.1) is 0 Å². The maximum absolute atomic E-state index is 13.4.